The average molecular weight is 310 g/mol. The molecule has 0 aromatic heterocycles. The zero-order valence-electron chi connectivity index (χ0n) is 12.5. The van der Waals surface area contributed by atoms with Gasteiger partial charge in [0.05, 0.1) is 6.04 Å². The van der Waals surface area contributed by atoms with Crippen molar-refractivity contribution >= 4 is 11.7 Å². The minimum atomic E-state index is -1.55. The van der Waals surface area contributed by atoms with E-state index in [0.717, 1.165) is 0 Å². The summed E-state index contributed by atoms with van der Waals surface area (Å²) in [6.07, 6.45) is 0. The molecular formula is C18H15FN2O2. The fourth-order valence-electron chi connectivity index (χ4n) is 3.36. The van der Waals surface area contributed by atoms with Gasteiger partial charge in [-0.1, -0.05) is 30.3 Å². The van der Waals surface area contributed by atoms with Crippen LogP contribution in [0.15, 0.2) is 53.5 Å². The summed E-state index contributed by atoms with van der Waals surface area (Å²) in [7, 11) is 0. The molecule has 0 bridgehead atoms. The summed E-state index contributed by atoms with van der Waals surface area (Å²) in [6.45, 7) is 2.33. The van der Waals surface area contributed by atoms with Gasteiger partial charge in [-0.2, -0.15) is 0 Å². The molecule has 2 aromatic rings. The van der Waals surface area contributed by atoms with Gasteiger partial charge in [-0.25, -0.2) is 4.39 Å². The number of carbonyl (C=O) groups excluding carboxylic acids is 1. The van der Waals surface area contributed by atoms with Crippen molar-refractivity contribution in [3.63, 3.8) is 0 Å². The number of aliphatic hydroxyl groups is 1. The number of hydrogen-bond donors (Lipinski definition) is 1. The van der Waals surface area contributed by atoms with E-state index in [1.807, 2.05) is 6.92 Å². The normalized spacial score (nSPS) is 25.9. The first-order valence-corrected chi connectivity index (χ1v) is 7.50. The third-order valence-corrected chi connectivity index (χ3v) is 4.42. The number of hydrogen-bond acceptors (Lipinski definition) is 3. The van der Waals surface area contributed by atoms with Crippen LogP contribution in [0.4, 0.5) is 4.39 Å². The Morgan fingerprint density at radius 1 is 1.22 bits per heavy atom. The molecule has 0 saturated heterocycles. The molecule has 0 unspecified atom stereocenters. The number of fused-ring (bicyclic) bond motifs is 2. The van der Waals surface area contributed by atoms with Crippen LogP contribution in [0, 0.1) is 5.82 Å². The lowest BCUT2D eigenvalue weighted by Crippen LogP contribution is -2.53. The second kappa shape index (κ2) is 4.73. The quantitative estimate of drug-likeness (QED) is 0.879. The summed E-state index contributed by atoms with van der Waals surface area (Å²) in [5, 5.41) is 11.5. The number of halogens is 1. The fraction of sp³-hybridized carbons (Fsp3) is 0.222. The summed E-state index contributed by atoms with van der Waals surface area (Å²) >= 11 is 0. The third kappa shape index (κ3) is 1.86. The number of nitrogens with zero attached hydrogens (tertiary/aromatic N) is 2. The predicted octanol–water partition coefficient (Wildman–Crippen LogP) is 2.32. The van der Waals surface area contributed by atoms with Crippen LogP contribution in [0.5, 0.6) is 0 Å². The van der Waals surface area contributed by atoms with Gasteiger partial charge < -0.3 is 5.11 Å². The highest BCUT2D eigenvalue weighted by molar-refractivity contribution is 6.16. The Balaban J connectivity index is 2.02. The van der Waals surface area contributed by atoms with Crippen molar-refractivity contribution in [2.45, 2.75) is 18.6 Å². The summed E-state index contributed by atoms with van der Waals surface area (Å²) in [5.41, 5.74) is -0.118. The molecule has 2 heterocycles. The number of amidine groups is 1. The number of aliphatic imine (C=N–C) groups is 1. The van der Waals surface area contributed by atoms with E-state index < -0.39 is 5.60 Å². The number of rotatable bonds is 1. The van der Waals surface area contributed by atoms with Gasteiger partial charge in [0.1, 0.15) is 11.7 Å². The Hall–Kier alpha value is -2.53. The minimum Gasteiger partial charge on any atom is -0.373 e. The van der Waals surface area contributed by atoms with E-state index >= 15 is 0 Å². The largest absolute Gasteiger partial charge is 0.373 e. The molecule has 0 spiro atoms. The standard InChI is InChI=1S/C18H15FN2O2/c1-11-10-21-16(22)14-4-2-3-5-15(14)18(23,17(21)20-11)12-6-8-13(19)9-7-12/h2-9,11,23H,10H2,1H3/t11-,18-/m0/s1. The van der Waals surface area contributed by atoms with Crippen molar-refractivity contribution in [2.24, 2.45) is 4.99 Å². The van der Waals surface area contributed by atoms with E-state index in [-0.39, 0.29) is 17.8 Å². The highest BCUT2D eigenvalue weighted by Crippen LogP contribution is 2.41. The number of amides is 1. The minimum absolute atomic E-state index is 0.0877. The zero-order chi connectivity index (χ0) is 16.2. The molecule has 1 amide bonds. The lowest BCUT2D eigenvalue weighted by molar-refractivity contribution is 0.0754. The van der Waals surface area contributed by atoms with Crippen LogP contribution in [0.3, 0.4) is 0 Å². The first-order chi connectivity index (χ1) is 11.0. The van der Waals surface area contributed by atoms with Gasteiger partial charge in [-0.05, 0) is 30.7 Å². The van der Waals surface area contributed by atoms with E-state index in [9.17, 15) is 14.3 Å². The molecule has 5 heteroatoms. The second-order valence-electron chi connectivity index (χ2n) is 5.98. The Morgan fingerprint density at radius 3 is 2.65 bits per heavy atom. The van der Waals surface area contributed by atoms with Gasteiger partial charge in [0.15, 0.2) is 5.60 Å². The number of benzene rings is 2. The molecule has 116 valence electrons. The first kappa shape index (κ1) is 14.1. The SMILES string of the molecule is C[C@H]1CN2C(=O)c3ccccc3[C@@](O)(c3ccc(F)cc3)C2=N1. The van der Waals surface area contributed by atoms with Crippen LogP contribution in [0.1, 0.15) is 28.4 Å². The zero-order valence-corrected chi connectivity index (χ0v) is 12.5. The first-order valence-electron chi connectivity index (χ1n) is 7.50. The van der Waals surface area contributed by atoms with Crippen molar-refractivity contribution in [1.29, 1.82) is 0 Å². The van der Waals surface area contributed by atoms with Crippen molar-refractivity contribution in [3.8, 4) is 0 Å². The molecule has 23 heavy (non-hydrogen) atoms. The van der Waals surface area contributed by atoms with Gasteiger partial charge in [-0.3, -0.25) is 14.7 Å². The molecule has 4 rings (SSSR count). The Bertz CT molecular complexity index is 831. The molecule has 2 aliphatic rings. The fourth-order valence-corrected chi connectivity index (χ4v) is 3.36. The second-order valence-corrected chi connectivity index (χ2v) is 5.98. The van der Waals surface area contributed by atoms with Gasteiger partial charge in [0.2, 0.25) is 0 Å². The Labute approximate surface area is 132 Å². The highest BCUT2D eigenvalue weighted by Gasteiger charge is 2.51. The summed E-state index contributed by atoms with van der Waals surface area (Å²) in [5.74, 6) is -0.216. The predicted molar refractivity (Wildman–Crippen MR) is 83.8 cm³/mol. The summed E-state index contributed by atoms with van der Waals surface area (Å²) < 4.78 is 13.3. The van der Waals surface area contributed by atoms with Gasteiger partial charge >= 0.3 is 0 Å². The maximum Gasteiger partial charge on any atom is 0.259 e. The molecule has 1 N–H and O–H groups in total. The maximum absolute atomic E-state index is 13.3. The van der Waals surface area contributed by atoms with E-state index in [1.54, 1.807) is 24.3 Å². The molecule has 0 radical (unpaired) electrons. The molecular weight excluding hydrogens is 295 g/mol. The number of carbonyl (C=O) groups is 1. The maximum atomic E-state index is 13.3. The molecule has 2 aromatic carbocycles. The van der Waals surface area contributed by atoms with Crippen molar-refractivity contribution < 1.29 is 14.3 Å². The van der Waals surface area contributed by atoms with Crippen LogP contribution in [-0.2, 0) is 5.60 Å². The van der Waals surface area contributed by atoms with E-state index in [1.165, 1.54) is 29.2 Å². The van der Waals surface area contributed by atoms with Crippen molar-refractivity contribution in [3.05, 3.63) is 71.0 Å². The Morgan fingerprint density at radius 2 is 1.91 bits per heavy atom. The van der Waals surface area contributed by atoms with Gasteiger partial charge in [-0.15, -0.1) is 0 Å². The van der Waals surface area contributed by atoms with Crippen LogP contribution >= 0.6 is 0 Å². The average Bonchev–Trinajstić information content (AvgIpc) is 2.96. The topological polar surface area (TPSA) is 52.9 Å². The summed E-state index contributed by atoms with van der Waals surface area (Å²) in [4.78, 5) is 18.7. The molecule has 2 atom stereocenters. The van der Waals surface area contributed by atoms with E-state index in [2.05, 4.69) is 4.99 Å². The van der Waals surface area contributed by atoms with Crippen molar-refractivity contribution in [1.82, 2.24) is 4.90 Å². The lowest BCUT2D eigenvalue weighted by Gasteiger charge is -2.39. The smallest absolute Gasteiger partial charge is 0.259 e. The summed E-state index contributed by atoms with van der Waals surface area (Å²) in [6, 6.07) is 12.5. The van der Waals surface area contributed by atoms with E-state index in [0.29, 0.717) is 29.1 Å². The van der Waals surface area contributed by atoms with Crippen LogP contribution in [0.25, 0.3) is 0 Å². The van der Waals surface area contributed by atoms with Crippen molar-refractivity contribution in [2.75, 3.05) is 6.54 Å². The van der Waals surface area contributed by atoms with Gasteiger partial charge in [0.25, 0.3) is 5.91 Å². The van der Waals surface area contributed by atoms with Crippen LogP contribution in [-0.4, -0.2) is 34.3 Å². The van der Waals surface area contributed by atoms with E-state index in [4.69, 9.17) is 0 Å². The molecule has 0 fully saturated rings. The Kier molecular flexibility index (Phi) is 2.90. The highest BCUT2D eigenvalue weighted by atomic mass is 19.1. The molecule has 4 nitrogen and oxygen atoms in total. The van der Waals surface area contributed by atoms with Gasteiger partial charge in [0, 0.05) is 17.7 Å². The monoisotopic (exact) mass is 310 g/mol. The van der Waals surface area contributed by atoms with Crippen LogP contribution < -0.4 is 0 Å². The molecule has 0 saturated carbocycles. The third-order valence-electron chi connectivity index (χ3n) is 4.42. The van der Waals surface area contributed by atoms with Crippen LogP contribution in [0.2, 0.25) is 0 Å². The lowest BCUT2D eigenvalue weighted by atomic mass is 9.79. The molecule has 0 aliphatic carbocycles. The molecule has 2 aliphatic heterocycles.